The van der Waals surface area contributed by atoms with Crippen LogP contribution in [0.5, 0.6) is 0 Å². The third-order valence-corrected chi connectivity index (χ3v) is 4.14. The molecule has 0 radical (unpaired) electrons. The van der Waals surface area contributed by atoms with Crippen molar-refractivity contribution in [2.75, 3.05) is 38.3 Å². The SMILES string of the molecule is CN=Cc1cc2nc(Cl)nc(N3CCOCC3)c2s1. The first kappa shape index (κ1) is 12.8. The van der Waals surface area contributed by atoms with Crippen LogP contribution in [0, 0.1) is 0 Å². The van der Waals surface area contributed by atoms with Crippen molar-refractivity contribution >= 4 is 45.2 Å². The number of nitrogens with zero attached hydrogens (tertiary/aromatic N) is 4. The normalized spacial score (nSPS) is 16.6. The Balaban J connectivity index is 2.10. The maximum atomic E-state index is 6.02. The van der Waals surface area contributed by atoms with Crippen LogP contribution >= 0.6 is 22.9 Å². The van der Waals surface area contributed by atoms with Crippen LogP contribution in [-0.2, 0) is 4.74 Å². The van der Waals surface area contributed by atoms with E-state index in [1.807, 2.05) is 12.3 Å². The first-order valence-corrected chi connectivity index (χ1v) is 7.19. The molecule has 0 atom stereocenters. The summed E-state index contributed by atoms with van der Waals surface area (Å²) in [5.74, 6) is 0.902. The van der Waals surface area contributed by atoms with Crippen LogP contribution in [0.1, 0.15) is 4.88 Å². The molecule has 0 aliphatic carbocycles. The van der Waals surface area contributed by atoms with Gasteiger partial charge in [0.1, 0.15) is 0 Å². The summed E-state index contributed by atoms with van der Waals surface area (Å²) in [5, 5.41) is 0.284. The van der Waals surface area contributed by atoms with Gasteiger partial charge in [0.15, 0.2) is 5.82 Å². The van der Waals surface area contributed by atoms with Crippen molar-refractivity contribution in [2.45, 2.75) is 0 Å². The highest BCUT2D eigenvalue weighted by atomic mass is 35.5. The van der Waals surface area contributed by atoms with Gasteiger partial charge >= 0.3 is 0 Å². The molecule has 0 unspecified atom stereocenters. The summed E-state index contributed by atoms with van der Waals surface area (Å²) in [6.45, 7) is 3.10. The average Bonchev–Trinajstić information content (AvgIpc) is 2.81. The fourth-order valence-electron chi connectivity index (χ4n) is 2.09. The second kappa shape index (κ2) is 5.40. The number of rotatable bonds is 2. The van der Waals surface area contributed by atoms with Gasteiger partial charge in [0.2, 0.25) is 5.28 Å². The third kappa shape index (κ3) is 2.56. The molecule has 7 heteroatoms. The van der Waals surface area contributed by atoms with Crippen molar-refractivity contribution in [3.8, 4) is 0 Å². The third-order valence-electron chi connectivity index (χ3n) is 2.91. The molecule has 0 amide bonds. The number of fused-ring (bicyclic) bond motifs is 1. The Hall–Kier alpha value is -1.24. The summed E-state index contributed by atoms with van der Waals surface area (Å²) in [6.07, 6.45) is 1.82. The number of aromatic nitrogens is 2. The smallest absolute Gasteiger partial charge is 0.224 e. The number of morpholine rings is 1. The molecule has 3 rings (SSSR count). The zero-order valence-corrected chi connectivity index (χ0v) is 12.0. The lowest BCUT2D eigenvalue weighted by molar-refractivity contribution is 0.122. The molecule has 0 aromatic carbocycles. The van der Waals surface area contributed by atoms with E-state index in [0.717, 1.165) is 47.2 Å². The zero-order chi connectivity index (χ0) is 13.2. The van der Waals surface area contributed by atoms with E-state index in [1.165, 1.54) is 0 Å². The Morgan fingerprint density at radius 2 is 2.21 bits per heavy atom. The largest absolute Gasteiger partial charge is 0.378 e. The molecule has 0 bridgehead atoms. The van der Waals surface area contributed by atoms with Gasteiger partial charge in [-0.05, 0) is 17.7 Å². The summed E-state index contributed by atoms with van der Waals surface area (Å²) in [6, 6.07) is 1.99. The second-order valence-corrected chi connectivity index (χ2v) is 5.59. The number of hydrogen-bond donors (Lipinski definition) is 0. The van der Waals surface area contributed by atoms with Gasteiger partial charge in [-0.25, -0.2) is 4.98 Å². The first-order valence-electron chi connectivity index (χ1n) is 6.00. The van der Waals surface area contributed by atoms with E-state index < -0.39 is 0 Å². The fraction of sp³-hybridized carbons (Fsp3) is 0.417. The van der Waals surface area contributed by atoms with Crippen molar-refractivity contribution in [3.63, 3.8) is 0 Å². The minimum Gasteiger partial charge on any atom is -0.378 e. The number of halogens is 1. The monoisotopic (exact) mass is 296 g/mol. The van der Waals surface area contributed by atoms with Crippen LogP contribution in [0.4, 0.5) is 5.82 Å². The lowest BCUT2D eigenvalue weighted by Crippen LogP contribution is -2.36. The van der Waals surface area contributed by atoms with E-state index >= 15 is 0 Å². The molecule has 0 spiro atoms. The first-order chi connectivity index (χ1) is 9.28. The van der Waals surface area contributed by atoms with Crippen molar-refractivity contribution in [2.24, 2.45) is 4.99 Å². The maximum Gasteiger partial charge on any atom is 0.224 e. The topological polar surface area (TPSA) is 50.6 Å². The molecule has 5 nitrogen and oxygen atoms in total. The summed E-state index contributed by atoms with van der Waals surface area (Å²) in [5.41, 5.74) is 0.876. The summed E-state index contributed by atoms with van der Waals surface area (Å²) < 4.78 is 6.43. The molecular formula is C12H13ClN4OS. The molecule has 0 N–H and O–H groups in total. The molecular weight excluding hydrogens is 284 g/mol. The molecule has 1 aliphatic heterocycles. The van der Waals surface area contributed by atoms with Gasteiger partial charge in [-0.1, -0.05) is 0 Å². The Morgan fingerprint density at radius 1 is 1.42 bits per heavy atom. The highest BCUT2D eigenvalue weighted by Gasteiger charge is 2.18. The summed E-state index contributed by atoms with van der Waals surface area (Å²) in [7, 11) is 1.76. The molecule has 19 heavy (non-hydrogen) atoms. The number of anilines is 1. The number of hydrogen-bond acceptors (Lipinski definition) is 6. The molecule has 100 valence electrons. The van der Waals surface area contributed by atoms with E-state index in [-0.39, 0.29) is 5.28 Å². The minimum atomic E-state index is 0.284. The van der Waals surface area contributed by atoms with E-state index in [1.54, 1.807) is 18.4 Å². The molecule has 0 saturated carbocycles. The van der Waals surface area contributed by atoms with Gasteiger partial charge in [0.25, 0.3) is 0 Å². The lowest BCUT2D eigenvalue weighted by Gasteiger charge is -2.28. The predicted octanol–water partition coefficient (Wildman–Crippen LogP) is 2.23. The Kier molecular flexibility index (Phi) is 3.63. The van der Waals surface area contributed by atoms with Crippen LogP contribution in [-0.4, -0.2) is 49.5 Å². The summed E-state index contributed by atoms with van der Waals surface area (Å²) >= 11 is 7.66. The van der Waals surface area contributed by atoms with Crippen molar-refractivity contribution < 1.29 is 4.74 Å². The van der Waals surface area contributed by atoms with Gasteiger partial charge in [0, 0.05) is 31.2 Å². The Bertz CT molecular complexity index is 621. The average molecular weight is 297 g/mol. The number of ether oxygens (including phenoxy) is 1. The van der Waals surface area contributed by atoms with Gasteiger partial charge < -0.3 is 9.64 Å². The van der Waals surface area contributed by atoms with Crippen LogP contribution in [0.15, 0.2) is 11.1 Å². The molecule has 1 fully saturated rings. The zero-order valence-electron chi connectivity index (χ0n) is 10.5. The number of aliphatic imine (C=N–C) groups is 1. The quantitative estimate of drug-likeness (QED) is 0.630. The van der Waals surface area contributed by atoms with E-state index in [4.69, 9.17) is 16.3 Å². The van der Waals surface area contributed by atoms with Crippen LogP contribution in [0.25, 0.3) is 10.2 Å². The minimum absolute atomic E-state index is 0.284. The van der Waals surface area contributed by atoms with Crippen molar-refractivity contribution in [1.82, 2.24) is 9.97 Å². The fourth-order valence-corrected chi connectivity index (χ4v) is 3.30. The van der Waals surface area contributed by atoms with Gasteiger partial charge in [0.05, 0.1) is 23.4 Å². The van der Waals surface area contributed by atoms with Crippen LogP contribution in [0.3, 0.4) is 0 Å². The number of thiophene rings is 1. The van der Waals surface area contributed by atoms with E-state index in [0.29, 0.717) is 0 Å². The highest BCUT2D eigenvalue weighted by Crippen LogP contribution is 2.32. The van der Waals surface area contributed by atoms with Crippen LogP contribution in [0.2, 0.25) is 5.28 Å². The highest BCUT2D eigenvalue weighted by molar-refractivity contribution is 7.21. The lowest BCUT2D eigenvalue weighted by atomic mass is 10.3. The van der Waals surface area contributed by atoms with Crippen LogP contribution < -0.4 is 4.90 Å². The maximum absolute atomic E-state index is 6.02. The van der Waals surface area contributed by atoms with Gasteiger partial charge in [-0.3, -0.25) is 4.99 Å². The standard InChI is InChI=1S/C12H13ClN4OS/c1-14-7-8-6-9-10(19-8)11(16-12(13)15-9)17-2-4-18-5-3-17/h6-7H,2-5H2,1H3. The molecule has 3 heterocycles. The molecule has 1 saturated heterocycles. The Morgan fingerprint density at radius 3 is 2.95 bits per heavy atom. The second-order valence-electron chi connectivity index (χ2n) is 4.17. The van der Waals surface area contributed by atoms with Crippen molar-refractivity contribution in [1.29, 1.82) is 0 Å². The summed E-state index contributed by atoms with van der Waals surface area (Å²) in [4.78, 5) is 16.0. The Labute approximate surface area is 119 Å². The molecule has 2 aromatic rings. The van der Waals surface area contributed by atoms with Gasteiger partial charge in [-0.15, -0.1) is 11.3 Å². The predicted molar refractivity (Wildman–Crippen MR) is 79.0 cm³/mol. The molecule has 2 aromatic heterocycles. The van der Waals surface area contributed by atoms with Gasteiger partial charge in [-0.2, -0.15) is 4.98 Å². The molecule has 1 aliphatic rings. The van der Waals surface area contributed by atoms with E-state index in [9.17, 15) is 0 Å². The van der Waals surface area contributed by atoms with E-state index in [2.05, 4.69) is 19.9 Å². The van der Waals surface area contributed by atoms with Crippen molar-refractivity contribution in [3.05, 3.63) is 16.2 Å².